The normalized spacial score (nSPS) is 14.6. The molecule has 6 heteroatoms. The van der Waals surface area contributed by atoms with Gasteiger partial charge in [0.25, 0.3) is 0 Å². The number of hydrogen-bond acceptors (Lipinski definition) is 3. The summed E-state index contributed by atoms with van der Waals surface area (Å²) in [7, 11) is 1.63. The van der Waals surface area contributed by atoms with Crippen molar-refractivity contribution in [3.8, 4) is 0 Å². The molecular formula is C9H19F3N2O. The average Bonchev–Trinajstić information content (AvgIpc) is 2.13. The molecule has 2 N–H and O–H groups in total. The van der Waals surface area contributed by atoms with Gasteiger partial charge < -0.3 is 15.4 Å². The van der Waals surface area contributed by atoms with Crippen molar-refractivity contribution in [2.75, 3.05) is 33.3 Å². The smallest absolute Gasteiger partial charge is 0.376 e. The summed E-state index contributed by atoms with van der Waals surface area (Å²) in [4.78, 5) is 1.58. The Morgan fingerprint density at radius 2 is 2.00 bits per heavy atom. The van der Waals surface area contributed by atoms with Crippen molar-refractivity contribution in [1.29, 1.82) is 0 Å². The molecule has 0 bridgehead atoms. The van der Waals surface area contributed by atoms with Gasteiger partial charge in [-0.25, -0.2) is 0 Å². The topological polar surface area (TPSA) is 38.5 Å². The first-order chi connectivity index (χ1) is 6.89. The van der Waals surface area contributed by atoms with E-state index in [-0.39, 0.29) is 12.6 Å². The number of likely N-dealkylation sites (N-methyl/N-ethyl adjacent to an activating group) is 1. The molecule has 1 unspecified atom stereocenters. The lowest BCUT2D eigenvalue weighted by Crippen LogP contribution is -2.37. The van der Waals surface area contributed by atoms with Crippen LogP contribution in [0.1, 0.15) is 13.3 Å². The average molecular weight is 228 g/mol. The Hall–Kier alpha value is -0.330. The van der Waals surface area contributed by atoms with E-state index in [2.05, 4.69) is 0 Å². The molecule has 0 aromatic heterocycles. The molecule has 0 aromatic carbocycles. The maximum atomic E-state index is 11.9. The zero-order valence-corrected chi connectivity index (χ0v) is 9.18. The summed E-state index contributed by atoms with van der Waals surface area (Å²) in [6.45, 7) is 3.09. The fourth-order valence-electron chi connectivity index (χ4n) is 1.19. The van der Waals surface area contributed by atoms with E-state index in [1.165, 1.54) is 0 Å². The van der Waals surface area contributed by atoms with Crippen molar-refractivity contribution in [1.82, 2.24) is 4.90 Å². The molecule has 0 fully saturated rings. The van der Waals surface area contributed by atoms with Crippen LogP contribution in [-0.4, -0.2) is 50.5 Å². The van der Waals surface area contributed by atoms with Crippen LogP contribution in [-0.2, 0) is 4.74 Å². The summed E-state index contributed by atoms with van der Waals surface area (Å²) in [6.07, 6.45) is -5.08. The second-order valence-electron chi connectivity index (χ2n) is 3.44. The Morgan fingerprint density at radius 3 is 2.40 bits per heavy atom. The highest BCUT2D eigenvalue weighted by Gasteiger charge is 2.27. The van der Waals surface area contributed by atoms with Gasteiger partial charge in [-0.1, -0.05) is 0 Å². The van der Waals surface area contributed by atoms with Crippen LogP contribution < -0.4 is 5.73 Å². The zero-order chi connectivity index (χ0) is 11.9. The van der Waals surface area contributed by atoms with Gasteiger partial charge in [-0.3, -0.25) is 0 Å². The molecule has 0 amide bonds. The van der Waals surface area contributed by atoms with Crippen molar-refractivity contribution >= 4 is 0 Å². The molecule has 0 spiro atoms. The first kappa shape index (κ1) is 14.7. The minimum atomic E-state index is -4.10. The largest absolute Gasteiger partial charge is 0.390 e. The Balaban J connectivity index is 3.75. The molecule has 3 nitrogen and oxygen atoms in total. The zero-order valence-electron chi connectivity index (χ0n) is 9.18. The predicted octanol–water partition coefficient (Wildman–Crippen LogP) is 1.23. The molecule has 0 saturated heterocycles. The monoisotopic (exact) mass is 228 g/mol. The summed E-state index contributed by atoms with van der Waals surface area (Å²) >= 11 is 0. The van der Waals surface area contributed by atoms with Crippen molar-refractivity contribution in [3.63, 3.8) is 0 Å². The summed E-state index contributed by atoms with van der Waals surface area (Å²) in [5.74, 6) is 0. The minimum Gasteiger partial charge on any atom is -0.376 e. The summed E-state index contributed by atoms with van der Waals surface area (Å²) in [6, 6.07) is 0. The van der Waals surface area contributed by atoms with Gasteiger partial charge in [-0.2, -0.15) is 13.2 Å². The molecular weight excluding hydrogens is 209 g/mol. The van der Waals surface area contributed by atoms with E-state index in [1.54, 1.807) is 11.9 Å². The summed E-state index contributed by atoms with van der Waals surface area (Å²) in [5, 5.41) is 0. The lowest BCUT2D eigenvalue weighted by molar-refractivity contribution is -0.138. The lowest BCUT2D eigenvalue weighted by atomic mass is 10.3. The second kappa shape index (κ2) is 7.03. The molecule has 0 aliphatic rings. The maximum Gasteiger partial charge on any atom is 0.390 e. The van der Waals surface area contributed by atoms with Gasteiger partial charge in [0.2, 0.25) is 0 Å². The number of ether oxygens (including phenoxy) is 1. The number of nitrogens with zero attached hydrogens (tertiary/aromatic N) is 1. The van der Waals surface area contributed by atoms with Crippen LogP contribution in [0.4, 0.5) is 13.2 Å². The number of hydrogen-bond donors (Lipinski definition) is 1. The molecule has 1 atom stereocenters. The van der Waals surface area contributed by atoms with E-state index in [1.807, 2.05) is 6.92 Å². The molecule has 0 aliphatic heterocycles. The highest BCUT2D eigenvalue weighted by atomic mass is 19.4. The van der Waals surface area contributed by atoms with E-state index in [0.717, 1.165) is 0 Å². The van der Waals surface area contributed by atoms with Crippen LogP contribution in [0.15, 0.2) is 0 Å². The van der Waals surface area contributed by atoms with Gasteiger partial charge in [0.15, 0.2) is 0 Å². The minimum absolute atomic E-state index is 0.0208. The standard InChI is InChI=1S/C9H19F3N2O/c1-3-15-8(6-13)7-14(2)5-4-9(10,11)12/h8H,3-7,13H2,1-2H3. The number of halogens is 3. The van der Waals surface area contributed by atoms with Gasteiger partial charge >= 0.3 is 6.18 Å². The predicted molar refractivity (Wildman–Crippen MR) is 52.6 cm³/mol. The maximum absolute atomic E-state index is 11.9. The molecule has 0 heterocycles. The number of alkyl halides is 3. The van der Waals surface area contributed by atoms with Crippen LogP contribution in [0.2, 0.25) is 0 Å². The van der Waals surface area contributed by atoms with E-state index in [9.17, 15) is 13.2 Å². The van der Waals surface area contributed by atoms with Gasteiger partial charge in [0, 0.05) is 26.2 Å². The molecule has 0 aromatic rings. The quantitative estimate of drug-likeness (QED) is 0.712. The van der Waals surface area contributed by atoms with Crippen LogP contribution in [0.3, 0.4) is 0 Å². The van der Waals surface area contributed by atoms with E-state index < -0.39 is 12.6 Å². The Labute approximate surface area is 88.4 Å². The van der Waals surface area contributed by atoms with Crippen molar-refractivity contribution in [2.24, 2.45) is 5.73 Å². The van der Waals surface area contributed by atoms with Crippen LogP contribution >= 0.6 is 0 Å². The van der Waals surface area contributed by atoms with Crippen LogP contribution in [0.25, 0.3) is 0 Å². The molecule has 15 heavy (non-hydrogen) atoms. The Morgan fingerprint density at radius 1 is 1.40 bits per heavy atom. The summed E-state index contributed by atoms with van der Waals surface area (Å²) in [5.41, 5.74) is 5.42. The molecule has 0 saturated carbocycles. The molecule has 92 valence electrons. The lowest BCUT2D eigenvalue weighted by Gasteiger charge is -2.23. The van der Waals surface area contributed by atoms with Gasteiger partial charge in [-0.05, 0) is 14.0 Å². The first-order valence-corrected chi connectivity index (χ1v) is 4.96. The third-order valence-electron chi connectivity index (χ3n) is 1.96. The van der Waals surface area contributed by atoms with E-state index in [4.69, 9.17) is 10.5 Å². The van der Waals surface area contributed by atoms with Crippen molar-refractivity contribution in [2.45, 2.75) is 25.6 Å². The van der Waals surface area contributed by atoms with Crippen molar-refractivity contribution in [3.05, 3.63) is 0 Å². The fourth-order valence-corrected chi connectivity index (χ4v) is 1.19. The summed E-state index contributed by atoms with van der Waals surface area (Å²) < 4.78 is 40.9. The van der Waals surface area contributed by atoms with Gasteiger partial charge in [0.1, 0.15) is 0 Å². The van der Waals surface area contributed by atoms with E-state index >= 15 is 0 Å². The highest BCUT2D eigenvalue weighted by molar-refractivity contribution is 4.65. The molecule has 0 aliphatic carbocycles. The first-order valence-electron chi connectivity index (χ1n) is 4.96. The van der Waals surface area contributed by atoms with E-state index in [0.29, 0.717) is 19.7 Å². The number of rotatable bonds is 7. The van der Waals surface area contributed by atoms with Crippen LogP contribution in [0, 0.1) is 0 Å². The second-order valence-corrected chi connectivity index (χ2v) is 3.44. The Kier molecular flexibility index (Phi) is 6.87. The SMILES string of the molecule is CCOC(CN)CN(C)CCC(F)(F)F. The third kappa shape index (κ3) is 8.65. The highest BCUT2D eigenvalue weighted by Crippen LogP contribution is 2.19. The molecule has 0 rings (SSSR count). The number of nitrogens with two attached hydrogens (primary N) is 1. The fraction of sp³-hybridized carbons (Fsp3) is 1.00. The van der Waals surface area contributed by atoms with Crippen LogP contribution in [0.5, 0.6) is 0 Å². The van der Waals surface area contributed by atoms with Gasteiger partial charge in [0.05, 0.1) is 12.5 Å². The Bertz CT molecular complexity index is 164. The van der Waals surface area contributed by atoms with Crippen molar-refractivity contribution < 1.29 is 17.9 Å². The molecule has 0 radical (unpaired) electrons. The van der Waals surface area contributed by atoms with Gasteiger partial charge in [-0.15, -0.1) is 0 Å². The third-order valence-corrected chi connectivity index (χ3v) is 1.96.